The lowest BCUT2D eigenvalue weighted by molar-refractivity contribution is -0.133. The Labute approximate surface area is 188 Å². The molecular weight excluding hydrogens is 409 g/mol. The molecule has 2 aliphatic rings. The van der Waals surface area contributed by atoms with E-state index in [1.807, 2.05) is 24.3 Å². The zero-order valence-electron chi connectivity index (χ0n) is 18.7. The van der Waals surface area contributed by atoms with E-state index in [-0.39, 0.29) is 23.7 Å². The van der Waals surface area contributed by atoms with E-state index in [1.54, 1.807) is 18.2 Å². The maximum atomic E-state index is 14.9. The Balaban J connectivity index is 1.48. The molecule has 2 aromatic rings. The van der Waals surface area contributed by atoms with Gasteiger partial charge in [0.2, 0.25) is 0 Å². The van der Waals surface area contributed by atoms with Gasteiger partial charge >= 0.3 is 5.97 Å². The summed E-state index contributed by atoms with van der Waals surface area (Å²) in [7, 11) is 2.78. The Hall–Kier alpha value is -3.02. The topological polar surface area (TPSA) is 48.0 Å². The van der Waals surface area contributed by atoms with E-state index >= 15 is 0 Å². The van der Waals surface area contributed by atoms with Gasteiger partial charge in [-0.1, -0.05) is 24.3 Å². The molecule has 2 saturated carbocycles. The van der Waals surface area contributed by atoms with E-state index in [1.165, 1.54) is 46.2 Å². The SMILES string of the molecule is CO/C=C(/C(=O)OC)c1ccccc1COc1ccc(N(CC2CC2)CC2CC2)cc1F. The third-order valence-corrected chi connectivity index (χ3v) is 5.96. The summed E-state index contributed by atoms with van der Waals surface area (Å²) in [4.78, 5) is 14.5. The minimum atomic E-state index is -0.513. The summed E-state index contributed by atoms with van der Waals surface area (Å²) in [6, 6.07) is 12.5. The Morgan fingerprint density at radius 3 is 2.34 bits per heavy atom. The Bertz CT molecular complexity index is 968. The van der Waals surface area contributed by atoms with Crippen LogP contribution in [0, 0.1) is 17.7 Å². The maximum Gasteiger partial charge on any atom is 0.341 e. The van der Waals surface area contributed by atoms with E-state index in [0.29, 0.717) is 5.56 Å². The van der Waals surface area contributed by atoms with Gasteiger partial charge in [0.1, 0.15) is 12.2 Å². The second kappa shape index (κ2) is 10.1. The van der Waals surface area contributed by atoms with Gasteiger partial charge in [0, 0.05) is 24.8 Å². The highest BCUT2D eigenvalue weighted by Crippen LogP contribution is 2.36. The van der Waals surface area contributed by atoms with Crippen LogP contribution in [-0.4, -0.2) is 33.3 Å². The van der Waals surface area contributed by atoms with Crippen molar-refractivity contribution in [2.24, 2.45) is 11.8 Å². The number of ether oxygens (including phenoxy) is 3. The lowest BCUT2D eigenvalue weighted by Gasteiger charge is -2.25. The molecule has 0 amide bonds. The monoisotopic (exact) mass is 439 g/mol. The fourth-order valence-electron chi connectivity index (χ4n) is 3.83. The number of anilines is 1. The van der Waals surface area contributed by atoms with Crippen LogP contribution in [0.2, 0.25) is 0 Å². The summed E-state index contributed by atoms with van der Waals surface area (Å²) in [6.07, 6.45) is 6.43. The number of carbonyl (C=O) groups is 1. The van der Waals surface area contributed by atoms with Crippen molar-refractivity contribution in [3.05, 3.63) is 65.7 Å². The van der Waals surface area contributed by atoms with E-state index < -0.39 is 5.97 Å². The summed E-state index contributed by atoms with van der Waals surface area (Å²) in [6.45, 7) is 2.12. The fraction of sp³-hybridized carbons (Fsp3) is 0.423. The van der Waals surface area contributed by atoms with Gasteiger partial charge in [-0.3, -0.25) is 0 Å². The van der Waals surface area contributed by atoms with Crippen molar-refractivity contribution in [2.75, 3.05) is 32.2 Å². The molecule has 0 aliphatic heterocycles. The second-order valence-corrected chi connectivity index (χ2v) is 8.61. The predicted octanol–water partition coefficient (Wildman–Crippen LogP) is 5.19. The van der Waals surface area contributed by atoms with Gasteiger partial charge in [-0.15, -0.1) is 0 Å². The number of benzene rings is 2. The fourth-order valence-corrected chi connectivity index (χ4v) is 3.83. The first-order valence-corrected chi connectivity index (χ1v) is 11.2. The number of carbonyl (C=O) groups excluding carboxylic acids is 1. The van der Waals surface area contributed by atoms with Crippen LogP contribution >= 0.6 is 0 Å². The molecule has 0 heterocycles. The number of methoxy groups -OCH3 is 2. The minimum Gasteiger partial charge on any atom is -0.503 e. The van der Waals surface area contributed by atoms with Gasteiger partial charge in [0.25, 0.3) is 0 Å². The molecule has 0 N–H and O–H groups in total. The third-order valence-electron chi connectivity index (χ3n) is 5.96. The molecule has 5 nitrogen and oxygen atoms in total. The first-order chi connectivity index (χ1) is 15.6. The van der Waals surface area contributed by atoms with Crippen molar-refractivity contribution in [1.29, 1.82) is 0 Å². The zero-order valence-corrected chi connectivity index (χ0v) is 18.7. The van der Waals surface area contributed by atoms with Crippen molar-refractivity contribution < 1.29 is 23.4 Å². The molecule has 170 valence electrons. The maximum absolute atomic E-state index is 14.9. The molecule has 6 heteroatoms. The first-order valence-electron chi connectivity index (χ1n) is 11.2. The smallest absolute Gasteiger partial charge is 0.341 e. The number of nitrogens with zero attached hydrogens (tertiary/aromatic N) is 1. The summed E-state index contributed by atoms with van der Waals surface area (Å²) >= 11 is 0. The summed E-state index contributed by atoms with van der Waals surface area (Å²) in [5, 5.41) is 0. The number of rotatable bonds is 11. The zero-order chi connectivity index (χ0) is 22.5. The summed E-state index contributed by atoms with van der Waals surface area (Å²) in [5.41, 5.74) is 2.55. The number of hydrogen-bond donors (Lipinski definition) is 0. The molecule has 2 aromatic carbocycles. The van der Waals surface area contributed by atoms with Crippen LogP contribution in [0.5, 0.6) is 5.75 Å². The van der Waals surface area contributed by atoms with Crippen molar-refractivity contribution in [3.8, 4) is 5.75 Å². The van der Waals surface area contributed by atoms with Gasteiger partial charge in [0.15, 0.2) is 11.6 Å². The molecule has 0 atom stereocenters. The van der Waals surface area contributed by atoms with Crippen LogP contribution < -0.4 is 9.64 Å². The average Bonchev–Trinajstić information content (AvgIpc) is 3.73. The highest BCUT2D eigenvalue weighted by atomic mass is 19.1. The molecule has 0 bridgehead atoms. The number of esters is 1. The Morgan fingerprint density at radius 2 is 1.75 bits per heavy atom. The van der Waals surface area contributed by atoms with Crippen molar-refractivity contribution in [3.63, 3.8) is 0 Å². The quantitative estimate of drug-likeness (QED) is 0.274. The third kappa shape index (κ3) is 5.61. The van der Waals surface area contributed by atoms with E-state index in [2.05, 4.69) is 4.90 Å². The normalized spacial score (nSPS) is 15.9. The van der Waals surface area contributed by atoms with E-state index in [0.717, 1.165) is 36.2 Å². The van der Waals surface area contributed by atoms with Crippen molar-refractivity contribution >= 4 is 17.2 Å². The molecular formula is C26H30FNO4. The van der Waals surface area contributed by atoms with Crippen molar-refractivity contribution in [1.82, 2.24) is 0 Å². The summed E-state index contributed by atoms with van der Waals surface area (Å²) < 4.78 is 30.6. The van der Waals surface area contributed by atoms with Crippen LogP contribution in [0.15, 0.2) is 48.7 Å². The number of halogens is 1. The van der Waals surface area contributed by atoms with Gasteiger partial charge in [0.05, 0.1) is 20.5 Å². The minimum absolute atomic E-state index is 0.109. The van der Waals surface area contributed by atoms with E-state index in [4.69, 9.17) is 14.2 Å². The molecule has 4 rings (SSSR count). The molecule has 0 radical (unpaired) electrons. The predicted molar refractivity (Wildman–Crippen MR) is 122 cm³/mol. The molecule has 0 spiro atoms. The van der Waals surface area contributed by atoms with E-state index in [9.17, 15) is 9.18 Å². The number of hydrogen-bond acceptors (Lipinski definition) is 5. The van der Waals surface area contributed by atoms with Gasteiger partial charge in [-0.2, -0.15) is 0 Å². The molecule has 32 heavy (non-hydrogen) atoms. The lowest BCUT2D eigenvalue weighted by Crippen LogP contribution is -2.28. The van der Waals surface area contributed by atoms with Gasteiger partial charge < -0.3 is 19.1 Å². The lowest BCUT2D eigenvalue weighted by atomic mass is 10.0. The average molecular weight is 440 g/mol. The first kappa shape index (κ1) is 22.2. The molecule has 0 saturated heterocycles. The molecule has 0 aromatic heterocycles. The van der Waals surface area contributed by atoms with Crippen molar-refractivity contribution in [2.45, 2.75) is 32.3 Å². The van der Waals surface area contributed by atoms with Gasteiger partial charge in [-0.05, 0) is 60.8 Å². The standard InChI is InChI=1S/C26H30FNO4/c1-30-17-23(26(29)31-2)22-6-4-3-5-20(22)16-32-25-12-11-21(13-24(25)27)28(14-18-7-8-18)15-19-9-10-19/h3-6,11-13,17-19H,7-10,14-16H2,1-2H3/b23-17+. The van der Waals surface area contributed by atoms with Gasteiger partial charge in [-0.25, -0.2) is 9.18 Å². The highest BCUT2D eigenvalue weighted by molar-refractivity contribution is 6.16. The molecule has 2 aliphatic carbocycles. The second-order valence-electron chi connectivity index (χ2n) is 8.61. The Morgan fingerprint density at radius 1 is 1.06 bits per heavy atom. The van der Waals surface area contributed by atoms with Crippen LogP contribution in [-0.2, 0) is 20.9 Å². The van der Waals surface area contributed by atoms with Crippen LogP contribution in [0.3, 0.4) is 0 Å². The molecule has 0 unspecified atom stereocenters. The van der Waals surface area contributed by atoms with Crippen LogP contribution in [0.25, 0.3) is 5.57 Å². The van der Waals surface area contributed by atoms with Crippen LogP contribution in [0.4, 0.5) is 10.1 Å². The molecule has 2 fully saturated rings. The summed E-state index contributed by atoms with van der Waals surface area (Å²) in [5.74, 6) is 0.789. The Kier molecular flexibility index (Phi) is 6.98. The highest BCUT2D eigenvalue weighted by Gasteiger charge is 2.29. The van der Waals surface area contributed by atoms with Crippen LogP contribution in [0.1, 0.15) is 36.8 Å². The largest absolute Gasteiger partial charge is 0.503 e.